The quantitative estimate of drug-likeness (QED) is 0.372. The lowest BCUT2D eigenvalue weighted by molar-refractivity contribution is 0.342. The Morgan fingerprint density at radius 2 is 1.92 bits per heavy atom. The molecule has 2 nitrogen and oxygen atoms in total. The molecule has 70 valence electrons. The number of hydrazine groups is 1. The minimum absolute atomic E-state index is 0.354. The second kappa shape index (κ2) is 7.15. The summed E-state index contributed by atoms with van der Waals surface area (Å²) in [4.78, 5) is 0. The molecule has 0 heterocycles. The van der Waals surface area contributed by atoms with E-state index in [0.29, 0.717) is 12.0 Å². The van der Waals surface area contributed by atoms with Gasteiger partial charge in [-0.3, -0.25) is 11.3 Å². The molecule has 2 heteroatoms. The van der Waals surface area contributed by atoms with E-state index in [2.05, 4.69) is 31.1 Å². The third kappa shape index (κ3) is 3.75. The summed E-state index contributed by atoms with van der Waals surface area (Å²) < 4.78 is 0. The van der Waals surface area contributed by atoms with Gasteiger partial charge in [0.15, 0.2) is 0 Å². The Morgan fingerprint density at radius 3 is 2.25 bits per heavy atom. The second-order valence-electron chi connectivity index (χ2n) is 2.98. The van der Waals surface area contributed by atoms with Crippen LogP contribution in [0.15, 0.2) is 0 Å². The van der Waals surface area contributed by atoms with Crippen LogP contribution in [0.4, 0.5) is 0 Å². The molecule has 0 aliphatic carbocycles. The van der Waals surface area contributed by atoms with Gasteiger partial charge in [0.25, 0.3) is 0 Å². The van der Waals surface area contributed by atoms with E-state index in [4.69, 9.17) is 5.84 Å². The predicted molar refractivity (Wildman–Crippen MR) is 53.3 cm³/mol. The lowest BCUT2D eigenvalue weighted by Crippen LogP contribution is -2.40. The molecule has 0 fully saturated rings. The number of hydrogen-bond donors (Lipinski definition) is 2. The summed E-state index contributed by atoms with van der Waals surface area (Å²) in [5.41, 5.74) is 2.84. The molecule has 0 saturated carbocycles. The Labute approximate surface area is 75.9 Å². The normalized spacial score (nSPS) is 12.4. The van der Waals surface area contributed by atoms with Crippen LogP contribution in [-0.4, -0.2) is 6.04 Å². The molecule has 0 aromatic carbocycles. The van der Waals surface area contributed by atoms with Crippen LogP contribution in [-0.2, 0) is 0 Å². The maximum Gasteiger partial charge on any atom is 0.0347 e. The minimum Gasteiger partial charge on any atom is -0.271 e. The van der Waals surface area contributed by atoms with Crippen molar-refractivity contribution in [1.82, 2.24) is 5.43 Å². The van der Waals surface area contributed by atoms with Crippen LogP contribution in [0, 0.1) is 17.8 Å². The van der Waals surface area contributed by atoms with Crippen LogP contribution in [0.3, 0.4) is 0 Å². The van der Waals surface area contributed by atoms with Gasteiger partial charge in [0.2, 0.25) is 0 Å². The molecule has 0 aromatic rings. The molecule has 0 aromatic heterocycles. The maximum atomic E-state index is 5.45. The zero-order valence-corrected chi connectivity index (χ0v) is 8.35. The topological polar surface area (TPSA) is 38.0 Å². The highest BCUT2D eigenvalue weighted by Crippen LogP contribution is 2.14. The zero-order valence-electron chi connectivity index (χ0n) is 8.35. The van der Waals surface area contributed by atoms with Crippen molar-refractivity contribution in [3.63, 3.8) is 0 Å². The number of hydrogen-bond acceptors (Lipinski definition) is 2. The van der Waals surface area contributed by atoms with Crippen LogP contribution in [0.1, 0.15) is 40.0 Å². The summed E-state index contributed by atoms with van der Waals surface area (Å²) in [5, 5.41) is 0. The van der Waals surface area contributed by atoms with Gasteiger partial charge >= 0.3 is 0 Å². The van der Waals surface area contributed by atoms with E-state index >= 15 is 0 Å². The first-order valence-electron chi connectivity index (χ1n) is 4.65. The van der Waals surface area contributed by atoms with Crippen LogP contribution in [0.2, 0.25) is 0 Å². The maximum absolute atomic E-state index is 5.45. The summed E-state index contributed by atoms with van der Waals surface area (Å²) in [5.74, 6) is 12.0. The molecule has 0 aliphatic rings. The van der Waals surface area contributed by atoms with Gasteiger partial charge in [-0.15, -0.1) is 11.8 Å². The first-order chi connectivity index (χ1) is 5.79. The van der Waals surface area contributed by atoms with Gasteiger partial charge in [0.05, 0.1) is 0 Å². The summed E-state index contributed by atoms with van der Waals surface area (Å²) >= 11 is 0. The van der Waals surface area contributed by atoms with Crippen molar-refractivity contribution in [1.29, 1.82) is 0 Å². The molecule has 0 spiro atoms. The monoisotopic (exact) mass is 168 g/mol. The van der Waals surface area contributed by atoms with Crippen molar-refractivity contribution < 1.29 is 0 Å². The van der Waals surface area contributed by atoms with Crippen molar-refractivity contribution in [3.8, 4) is 11.8 Å². The van der Waals surface area contributed by atoms with E-state index in [1.807, 2.05) is 6.92 Å². The Hall–Kier alpha value is -0.520. The smallest absolute Gasteiger partial charge is 0.0347 e. The van der Waals surface area contributed by atoms with Gasteiger partial charge in [-0.25, -0.2) is 0 Å². The molecule has 3 N–H and O–H groups in total. The summed E-state index contributed by atoms with van der Waals surface area (Å²) in [6.45, 7) is 6.25. The Balaban J connectivity index is 3.98. The molecule has 1 unspecified atom stereocenters. The molecule has 12 heavy (non-hydrogen) atoms. The van der Waals surface area contributed by atoms with Gasteiger partial charge in [0, 0.05) is 12.5 Å². The van der Waals surface area contributed by atoms with Crippen LogP contribution < -0.4 is 11.3 Å². The zero-order chi connectivity index (χ0) is 9.40. The molecule has 0 radical (unpaired) electrons. The third-order valence-corrected chi connectivity index (χ3v) is 2.33. The van der Waals surface area contributed by atoms with E-state index < -0.39 is 0 Å². The fourth-order valence-electron chi connectivity index (χ4n) is 1.43. The average molecular weight is 168 g/mol. The fraction of sp³-hybridized carbons (Fsp3) is 0.800. The van der Waals surface area contributed by atoms with E-state index in [0.717, 1.165) is 19.3 Å². The van der Waals surface area contributed by atoms with E-state index in [-0.39, 0.29) is 0 Å². The van der Waals surface area contributed by atoms with E-state index in [9.17, 15) is 0 Å². The fourth-order valence-corrected chi connectivity index (χ4v) is 1.43. The van der Waals surface area contributed by atoms with E-state index in [1.165, 1.54) is 0 Å². The van der Waals surface area contributed by atoms with Gasteiger partial charge in [-0.05, 0) is 12.8 Å². The Bertz CT molecular complexity index is 151. The molecule has 0 saturated heterocycles. The molecule has 0 aliphatic heterocycles. The van der Waals surface area contributed by atoms with Gasteiger partial charge in [0.1, 0.15) is 0 Å². The molecule has 0 bridgehead atoms. The minimum atomic E-state index is 0.354. The lowest BCUT2D eigenvalue weighted by Gasteiger charge is -2.22. The van der Waals surface area contributed by atoms with Crippen molar-refractivity contribution in [3.05, 3.63) is 0 Å². The van der Waals surface area contributed by atoms with Crippen molar-refractivity contribution in [2.45, 2.75) is 46.1 Å². The summed E-state index contributed by atoms with van der Waals surface area (Å²) in [7, 11) is 0. The highest BCUT2D eigenvalue weighted by Gasteiger charge is 2.15. The molecule has 0 rings (SSSR count). The summed E-state index contributed by atoms with van der Waals surface area (Å²) in [6.07, 6.45) is 3.19. The predicted octanol–water partition coefficient (Wildman–Crippen LogP) is 1.67. The number of rotatable bonds is 5. The highest BCUT2D eigenvalue weighted by molar-refractivity contribution is 4.98. The SMILES string of the molecule is CC#CCC(NN)C(CC)CC. The standard InChI is InChI=1S/C10H20N2/c1-4-7-8-10(12-11)9(5-2)6-3/h9-10,12H,5-6,8,11H2,1-3H3. The van der Waals surface area contributed by atoms with Crippen molar-refractivity contribution in [2.24, 2.45) is 11.8 Å². The van der Waals surface area contributed by atoms with Gasteiger partial charge < -0.3 is 0 Å². The molecule has 0 amide bonds. The third-order valence-electron chi connectivity index (χ3n) is 2.33. The molecular weight excluding hydrogens is 148 g/mol. The van der Waals surface area contributed by atoms with Crippen LogP contribution >= 0.6 is 0 Å². The lowest BCUT2D eigenvalue weighted by atomic mass is 9.92. The largest absolute Gasteiger partial charge is 0.271 e. The molecule has 1 atom stereocenters. The molecular formula is C10H20N2. The van der Waals surface area contributed by atoms with Crippen LogP contribution in [0.5, 0.6) is 0 Å². The second-order valence-corrected chi connectivity index (χ2v) is 2.98. The van der Waals surface area contributed by atoms with Crippen LogP contribution in [0.25, 0.3) is 0 Å². The Kier molecular flexibility index (Phi) is 6.84. The van der Waals surface area contributed by atoms with E-state index in [1.54, 1.807) is 0 Å². The Morgan fingerprint density at radius 1 is 1.33 bits per heavy atom. The van der Waals surface area contributed by atoms with Crippen molar-refractivity contribution >= 4 is 0 Å². The van der Waals surface area contributed by atoms with Gasteiger partial charge in [-0.2, -0.15) is 0 Å². The number of nitrogens with one attached hydrogen (secondary N) is 1. The highest BCUT2D eigenvalue weighted by atomic mass is 15.2. The van der Waals surface area contributed by atoms with Crippen molar-refractivity contribution in [2.75, 3.05) is 0 Å². The average Bonchev–Trinajstić information content (AvgIpc) is 2.12. The summed E-state index contributed by atoms with van der Waals surface area (Å²) in [6, 6.07) is 0.354. The first-order valence-corrected chi connectivity index (χ1v) is 4.65. The van der Waals surface area contributed by atoms with Gasteiger partial charge in [-0.1, -0.05) is 26.7 Å². The first kappa shape index (κ1) is 11.5. The number of nitrogens with two attached hydrogens (primary N) is 1.